The highest BCUT2D eigenvalue weighted by Crippen LogP contribution is 2.45. The zero-order chi connectivity index (χ0) is 17.1. The van der Waals surface area contributed by atoms with Gasteiger partial charge in [-0.05, 0) is 24.3 Å². The number of hydrogen-bond acceptors (Lipinski definition) is 4. The summed E-state index contributed by atoms with van der Waals surface area (Å²) >= 11 is 1.23. The number of carbonyl (C=O) groups is 1. The van der Waals surface area contributed by atoms with E-state index in [1.54, 1.807) is 20.3 Å². The quantitative estimate of drug-likeness (QED) is 0.725. The molecule has 0 atom stereocenters. The van der Waals surface area contributed by atoms with Crippen molar-refractivity contribution >= 4 is 17.3 Å². The zero-order valence-electron chi connectivity index (χ0n) is 13.3. The van der Waals surface area contributed by atoms with E-state index in [-0.39, 0.29) is 4.88 Å². The number of carboxylic acid groups (broad SMARTS) is 1. The van der Waals surface area contributed by atoms with E-state index in [2.05, 4.69) is 0 Å². The number of ether oxygens (including phenoxy) is 2. The van der Waals surface area contributed by atoms with Crippen LogP contribution in [0.25, 0.3) is 21.6 Å². The number of para-hydroxylation sites is 2. The Morgan fingerprint density at radius 3 is 2.00 bits per heavy atom. The van der Waals surface area contributed by atoms with Crippen molar-refractivity contribution in [3.8, 4) is 33.1 Å². The van der Waals surface area contributed by atoms with Crippen LogP contribution in [-0.4, -0.2) is 25.3 Å². The van der Waals surface area contributed by atoms with Crippen molar-refractivity contribution in [3.63, 3.8) is 0 Å². The second-order valence-corrected chi connectivity index (χ2v) is 6.11. The molecular formula is C19H16O4S. The third kappa shape index (κ3) is 2.86. The lowest BCUT2D eigenvalue weighted by atomic mass is 10.0. The fraction of sp³-hybridized carbons (Fsp3) is 0.105. The third-order valence-corrected chi connectivity index (χ3v) is 4.85. The summed E-state index contributed by atoms with van der Waals surface area (Å²) in [5, 5.41) is 9.42. The summed E-state index contributed by atoms with van der Waals surface area (Å²) < 4.78 is 10.9. The minimum Gasteiger partial charge on any atom is -0.496 e. The normalized spacial score (nSPS) is 10.4. The Balaban J connectivity index is 2.28. The van der Waals surface area contributed by atoms with Crippen LogP contribution in [0, 0.1) is 0 Å². The highest BCUT2D eigenvalue weighted by Gasteiger charge is 2.20. The second kappa shape index (κ2) is 6.76. The molecule has 3 rings (SSSR count). The lowest BCUT2D eigenvalue weighted by Gasteiger charge is -2.11. The lowest BCUT2D eigenvalue weighted by molar-refractivity contribution is 0.0702. The van der Waals surface area contributed by atoms with Crippen molar-refractivity contribution < 1.29 is 19.4 Å². The Labute approximate surface area is 143 Å². The van der Waals surface area contributed by atoms with E-state index < -0.39 is 5.97 Å². The van der Waals surface area contributed by atoms with E-state index >= 15 is 0 Å². The average molecular weight is 340 g/mol. The molecule has 4 nitrogen and oxygen atoms in total. The van der Waals surface area contributed by atoms with Gasteiger partial charge in [-0.25, -0.2) is 4.79 Å². The average Bonchev–Trinajstić information content (AvgIpc) is 3.07. The maximum Gasteiger partial charge on any atom is 0.345 e. The first-order valence-corrected chi connectivity index (χ1v) is 8.11. The van der Waals surface area contributed by atoms with Gasteiger partial charge in [-0.3, -0.25) is 0 Å². The number of hydrogen-bond donors (Lipinski definition) is 1. The minimum absolute atomic E-state index is 0.275. The van der Waals surface area contributed by atoms with Crippen molar-refractivity contribution in [2.45, 2.75) is 0 Å². The van der Waals surface area contributed by atoms with Crippen LogP contribution in [0.2, 0.25) is 0 Å². The SMILES string of the molecule is COc1ccccc1-c1cc(C(=O)O)sc1-c1ccccc1OC. The van der Waals surface area contributed by atoms with Gasteiger partial charge in [-0.15, -0.1) is 11.3 Å². The molecule has 0 aliphatic heterocycles. The van der Waals surface area contributed by atoms with Crippen LogP contribution in [-0.2, 0) is 0 Å². The monoisotopic (exact) mass is 340 g/mol. The largest absolute Gasteiger partial charge is 0.496 e. The molecule has 0 bridgehead atoms. The summed E-state index contributed by atoms with van der Waals surface area (Å²) in [6.45, 7) is 0. The van der Waals surface area contributed by atoms with Crippen LogP contribution in [0.5, 0.6) is 11.5 Å². The number of benzene rings is 2. The van der Waals surface area contributed by atoms with Crippen LogP contribution in [0.3, 0.4) is 0 Å². The Morgan fingerprint density at radius 1 is 0.875 bits per heavy atom. The highest BCUT2D eigenvalue weighted by molar-refractivity contribution is 7.18. The van der Waals surface area contributed by atoms with E-state index in [4.69, 9.17) is 9.47 Å². The molecule has 0 radical (unpaired) electrons. The number of rotatable bonds is 5. The molecule has 5 heteroatoms. The Kier molecular flexibility index (Phi) is 4.53. The van der Waals surface area contributed by atoms with Gasteiger partial charge in [0.2, 0.25) is 0 Å². The first kappa shape index (κ1) is 16.1. The van der Waals surface area contributed by atoms with Crippen molar-refractivity contribution in [1.82, 2.24) is 0 Å². The molecule has 1 N–H and O–H groups in total. The van der Waals surface area contributed by atoms with Crippen molar-refractivity contribution in [2.75, 3.05) is 14.2 Å². The highest BCUT2D eigenvalue weighted by atomic mass is 32.1. The maximum atomic E-state index is 11.5. The molecule has 3 aromatic rings. The first-order chi connectivity index (χ1) is 11.7. The van der Waals surface area contributed by atoms with Gasteiger partial charge in [0.25, 0.3) is 0 Å². The van der Waals surface area contributed by atoms with Crippen molar-refractivity contribution in [1.29, 1.82) is 0 Å². The fourth-order valence-electron chi connectivity index (χ4n) is 2.60. The molecule has 2 aromatic carbocycles. The summed E-state index contributed by atoms with van der Waals surface area (Å²) in [6, 6.07) is 16.8. The van der Waals surface area contributed by atoms with Crippen LogP contribution >= 0.6 is 11.3 Å². The van der Waals surface area contributed by atoms with E-state index in [1.165, 1.54) is 11.3 Å². The molecule has 0 fully saturated rings. The van der Waals surface area contributed by atoms with Gasteiger partial charge in [-0.1, -0.05) is 30.3 Å². The van der Waals surface area contributed by atoms with Crippen LogP contribution < -0.4 is 9.47 Å². The van der Waals surface area contributed by atoms with E-state index in [0.29, 0.717) is 11.5 Å². The Hall–Kier alpha value is -2.79. The van der Waals surface area contributed by atoms with E-state index in [0.717, 1.165) is 21.6 Å². The van der Waals surface area contributed by atoms with Crippen LogP contribution in [0.1, 0.15) is 9.67 Å². The smallest absolute Gasteiger partial charge is 0.345 e. The third-order valence-electron chi connectivity index (χ3n) is 3.69. The van der Waals surface area contributed by atoms with E-state index in [1.807, 2.05) is 48.5 Å². The van der Waals surface area contributed by atoms with Gasteiger partial charge in [0.15, 0.2) is 0 Å². The number of methoxy groups -OCH3 is 2. The second-order valence-electron chi connectivity index (χ2n) is 5.06. The van der Waals surface area contributed by atoms with E-state index in [9.17, 15) is 9.90 Å². The topological polar surface area (TPSA) is 55.8 Å². The standard InChI is InChI=1S/C19H16O4S/c1-22-15-9-5-3-7-12(15)14-11-17(19(20)21)24-18(14)13-8-4-6-10-16(13)23-2/h3-11H,1-2H3,(H,20,21). The van der Waals surface area contributed by atoms with Crippen molar-refractivity contribution in [2.24, 2.45) is 0 Å². The van der Waals surface area contributed by atoms with Gasteiger partial charge in [-0.2, -0.15) is 0 Å². The Morgan fingerprint density at radius 2 is 1.42 bits per heavy atom. The number of thiophene rings is 1. The summed E-state index contributed by atoms with van der Waals surface area (Å²) in [7, 11) is 3.21. The molecular weight excluding hydrogens is 324 g/mol. The molecule has 122 valence electrons. The van der Waals surface area contributed by atoms with Crippen molar-refractivity contribution in [3.05, 3.63) is 59.5 Å². The van der Waals surface area contributed by atoms with Gasteiger partial charge < -0.3 is 14.6 Å². The minimum atomic E-state index is -0.947. The lowest BCUT2D eigenvalue weighted by Crippen LogP contribution is -1.90. The van der Waals surface area contributed by atoms with Gasteiger partial charge in [0.1, 0.15) is 16.4 Å². The molecule has 0 aliphatic rings. The number of carboxylic acids is 1. The summed E-state index contributed by atoms with van der Waals surface area (Å²) in [6.07, 6.45) is 0. The summed E-state index contributed by atoms with van der Waals surface area (Å²) in [5.41, 5.74) is 2.53. The Bertz CT molecular complexity index is 818. The van der Waals surface area contributed by atoms with Gasteiger partial charge in [0.05, 0.1) is 14.2 Å². The molecule has 0 aliphatic carbocycles. The molecule has 0 unspecified atom stereocenters. The molecule has 0 saturated carbocycles. The molecule has 0 amide bonds. The predicted octanol–water partition coefficient (Wildman–Crippen LogP) is 4.80. The van der Waals surface area contributed by atoms with Crippen LogP contribution in [0.4, 0.5) is 0 Å². The summed E-state index contributed by atoms with van der Waals surface area (Å²) in [5.74, 6) is 0.452. The molecule has 0 saturated heterocycles. The van der Waals surface area contributed by atoms with Crippen LogP contribution in [0.15, 0.2) is 54.6 Å². The zero-order valence-corrected chi connectivity index (χ0v) is 14.1. The maximum absolute atomic E-state index is 11.5. The predicted molar refractivity (Wildman–Crippen MR) is 95.3 cm³/mol. The summed E-state index contributed by atoms with van der Waals surface area (Å²) in [4.78, 5) is 12.6. The van der Waals surface area contributed by atoms with Gasteiger partial charge in [0, 0.05) is 21.6 Å². The first-order valence-electron chi connectivity index (χ1n) is 7.29. The van der Waals surface area contributed by atoms with Gasteiger partial charge >= 0.3 is 5.97 Å². The molecule has 1 aromatic heterocycles. The molecule has 0 spiro atoms. The molecule has 1 heterocycles. The molecule has 24 heavy (non-hydrogen) atoms. The number of aromatic carboxylic acids is 1. The fourth-order valence-corrected chi connectivity index (χ4v) is 3.64.